The third-order valence-corrected chi connectivity index (χ3v) is 2.96. The van der Waals surface area contributed by atoms with E-state index in [4.69, 9.17) is 0 Å². The zero-order valence-corrected chi connectivity index (χ0v) is 11.8. The maximum Gasteiger partial charge on any atom is 0.151 e. The van der Waals surface area contributed by atoms with Crippen molar-refractivity contribution >= 4 is 11.5 Å². The molecule has 1 aromatic heterocycles. The molecule has 2 rings (SSSR count). The Labute approximate surface area is 118 Å². The van der Waals surface area contributed by atoms with Crippen LogP contribution in [-0.2, 0) is 6.54 Å². The molecule has 0 aliphatic carbocycles. The van der Waals surface area contributed by atoms with Gasteiger partial charge in [0, 0.05) is 19.8 Å². The molecular weight excluding hydrogens is 255 g/mol. The highest BCUT2D eigenvalue weighted by molar-refractivity contribution is 5.58. The molecule has 0 fully saturated rings. The van der Waals surface area contributed by atoms with Crippen LogP contribution in [0.1, 0.15) is 19.0 Å². The van der Waals surface area contributed by atoms with Crippen LogP contribution >= 0.6 is 0 Å². The summed E-state index contributed by atoms with van der Waals surface area (Å²) in [6.45, 7) is 3.72. The maximum absolute atomic E-state index is 13.8. The van der Waals surface area contributed by atoms with Crippen molar-refractivity contribution in [2.24, 2.45) is 0 Å². The Morgan fingerprint density at radius 3 is 2.80 bits per heavy atom. The van der Waals surface area contributed by atoms with Crippen molar-refractivity contribution in [3.63, 3.8) is 0 Å². The Kier molecular flexibility index (Phi) is 5.01. The molecule has 4 nitrogen and oxygen atoms in total. The molecule has 106 valence electrons. The normalized spacial score (nSPS) is 10.6. The lowest BCUT2D eigenvalue weighted by Crippen LogP contribution is -2.17. The van der Waals surface area contributed by atoms with Gasteiger partial charge in [-0.2, -0.15) is 0 Å². The largest absolute Gasteiger partial charge is 0.326 e. The van der Waals surface area contributed by atoms with Crippen LogP contribution in [0.2, 0.25) is 0 Å². The van der Waals surface area contributed by atoms with Crippen LogP contribution in [0.4, 0.5) is 15.9 Å². The van der Waals surface area contributed by atoms with E-state index in [9.17, 15) is 4.39 Å². The molecule has 5 heteroatoms. The van der Waals surface area contributed by atoms with E-state index in [2.05, 4.69) is 22.2 Å². The van der Waals surface area contributed by atoms with Crippen LogP contribution in [0.15, 0.2) is 36.7 Å². The van der Waals surface area contributed by atoms with Gasteiger partial charge in [0.1, 0.15) is 5.82 Å². The van der Waals surface area contributed by atoms with Gasteiger partial charge >= 0.3 is 0 Å². The maximum atomic E-state index is 13.8. The van der Waals surface area contributed by atoms with E-state index in [0.29, 0.717) is 18.1 Å². The summed E-state index contributed by atoms with van der Waals surface area (Å²) in [7, 11) is 1.78. The zero-order valence-electron chi connectivity index (χ0n) is 11.8. The van der Waals surface area contributed by atoms with Gasteiger partial charge in [0.25, 0.3) is 0 Å². The number of nitrogens with one attached hydrogen (secondary N) is 1. The lowest BCUT2D eigenvalue weighted by Gasteiger charge is -2.19. The van der Waals surface area contributed by atoms with E-state index in [1.54, 1.807) is 42.5 Å². The van der Waals surface area contributed by atoms with Crippen molar-refractivity contribution in [3.8, 4) is 0 Å². The van der Waals surface area contributed by atoms with Crippen LogP contribution < -0.4 is 10.2 Å². The highest BCUT2D eigenvalue weighted by Gasteiger charge is 2.10. The van der Waals surface area contributed by atoms with Crippen molar-refractivity contribution in [1.82, 2.24) is 15.3 Å². The Hall–Kier alpha value is -2.01. The number of hydrogen-bond donors (Lipinski definition) is 1. The van der Waals surface area contributed by atoms with Gasteiger partial charge in [-0.25, -0.2) is 9.37 Å². The van der Waals surface area contributed by atoms with Gasteiger partial charge in [0.2, 0.25) is 0 Å². The molecule has 0 spiro atoms. The Bertz CT molecular complexity index is 559. The van der Waals surface area contributed by atoms with E-state index in [1.807, 2.05) is 0 Å². The predicted molar refractivity (Wildman–Crippen MR) is 78.5 cm³/mol. The minimum Gasteiger partial charge on any atom is -0.326 e. The van der Waals surface area contributed by atoms with E-state index < -0.39 is 0 Å². The quantitative estimate of drug-likeness (QED) is 0.822. The molecule has 1 aromatic carbocycles. The van der Waals surface area contributed by atoms with Crippen LogP contribution in [0.3, 0.4) is 0 Å². The molecule has 0 unspecified atom stereocenters. The van der Waals surface area contributed by atoms with Gasteiger partial charge in [-0.3, -0.25) is 4.98 Å². The molecule has 0 saturated heterocycles. The number of para-hydroxylation sites is 1. The topological polar surface area (TPSA) is 41.1 Å². The molecule has 0 atom stereocenters. The van der Waals surface area contributed by atoms with E-state index in [-0.39, 0.29) is 5.82 Å². The smallest absolute Gasteiger partial charge is 0.151 e. The second-order valence-electron chi connectivity index (χ2n) is 4.56. The van der Waals surface area contributed by atoms with Gasteiger partial charge < -0.3 is 10.2 Å². The fourth-order valence-electron chi connectivity index (χ4n) is 1.88. The summed E-state index contributed by atoms with van der Waals surface area (Å²) in [5.41, 5.74) is 1.33. The number of benzene rings is 1. The third-order valence-electron chi connectivity index (χ3n) is 2.96. The first-order chi connectivity index (χ1) is 9.72. The van der Waals surface area contributed by atoms with Gasteiger partial charge in [-0.15, -0.1) is 0 Å². The molecular formula is C15H19FN4. The minimum absolute atomic E-state index is 0.272. The van der Waals surface area contributed by atoms with Crippen molar-refractivity contribution in [3.05, 3.63) is 48.2 Å². The second-order valence-corrected chi connectivity index (χ2v) is 4.56. The van der Waals surface area contributed by atoms with Gasteiger partial charge in [-0.05, 0) is 25.1 Å². The van der Waals surface area contributed by atoms with Gasteiger partial charge in [0.05, 0.1) is 17.6 Å². The molecule has 1 heterocycles. The highest BCUT2D eigenvalue weighted by Crippen LogP contribution is 2.23. The summed E-state index contributed by atoms with van der Waals surface area (Å²) in [5, 5.41) is 3.27. The molecule has 20 heavy (non-hydrogen) atoms. The standard InChI is InChI=1S/C15H19FN4/c1-3-8-17-9-12-10-18-11-15(19-12)20(2)14-7-5-4-6-13(14)16/h4-7,10-11,17H,3,8-9H2,1-2H3. The van der Waals surface area contributed by atoms with Crippen LogP contribution in [0.25, 0.3) is 0 Å². The number of rotatable bonds is 6. The Balaban J connectivity index is 2.16. The fraction of sp³-hybridized carbons (Fsp3) is 0.333. The summed E-state index contributed by atoms with van der Waals surface area (Å²) < 4.78 is 13.8. The van der Waals surface area contributed by atoms with Crippen molar-refractivity contribution < 1.29 is 4.39 Å². The van der Waals surface area contributed by atoms with Gasteiger partial charge in [0.15, 0.2) is 5.82 Å². The SMILES string of the molecule is CCCNCc1cncc(N(C)c2ccccc2F)n1. The number of aromatic nitrogens is 2. The first kappa shape index (κ1) is 14.4. The first-order valence-electron chi connectivity index (χ1n) is 6.72. The summed E-state index contributed by atoms with van der Waals surface area (Å²) in [6, 6.07) is 6.63. The molecule has 0 saturated carbocycles. The van der Waals surface area contributed by atoms with E-state index >= 15 is 0 Å². The summed E-state index contributed by atoms with van der Waals surface area (Å²) >= 11 is 0. The zero-order chi connectivity index (χ0) is 14.4. The number of anilines is 2. The lowest BCUT2D eigenvalue weighted by atomic mass is 10.3. The van der Waals surface area contributed by atoms with Crippen LogP contribution in [0, 0.1) is 5.82 Å². The van der Waals surface area contributed by atoms with Crippen LogP contribution in [-0.4, -0.2) is 23.6 Å². The molecule has 2 aromatic rings. The minimum atomic E-state index is -0.272. The average Bonchev–Trinajstić information content (AvgIpc) is 2.48. The molecule has 0 aliphatic heterocycles. The molecule has 0 aliphatic rings. The summed E-state index contributed by atoms with van der Waals surface area (Å²) in [5.74, 6) is 0.359. The van der Waals surface area contributed by atoms with Crippen molar-refractivity contribution in [2.75, 3.05) is 18.5 Å². The summed E-state index contributed by atoms with van der Waals surface area (Å²) in [4.78, 5) is 10.4. The van der Waals surface area contributed by atoms with E-state index in [0.717, 1.165) is 18.7 Å². The molecule has 0 amide bonds. The average molecular weight is 274 g/mol. The second kappa shape index (κ2) is 6.96. The molecule has 0 bridgehead atoms. The van der Waals surface area contributed by atoms with Gasteiger partial charge in [-0.1, -0.05) is 19.1 Å². The Morgan fingerprint density at radius 2 is 2.05 bits per heavy atom. The first-order valence-corrected chi connectivity index (χ1v) is 6.72. The third kappa shape index (κ3) is 3.51. The monoisotopic (exact) mass is 274 g/mol. The Morgan fingerprint density at radius 1 is 1.25 bits per heavy atom. The van der Waals surface area contributed by atoms with Crippen LogP contribution in [0.5, 0.6) is 0 Å². The summed E-state index contributed by atoms with van der Waals surface area (Å²) in [6.07, 6.45) is 4.43. The number of nitrogens with zero attached hydrogens (tertiary/aromatic N) is 3. The van der Waals surface area contributed by atoms with E-state index in [1.165, 1.54) is 6.07 Å². The number of halogens is 1. The number of hydrogen-bond acceptors (Lipinski definition) is 4. The molecule has 1 N–H and O–H groups in total. The molecule has 0 radical (unpaired) electrons. The lowest BCUT2D eigenvalue weighted by molar-refractivity contribution is 0.627. The predicted octanol–water partition coefficient (Wildman–Crippen LogP) is 2.88. The fourth-order valence-corrected chi connectivity index (χ4v) is 1.88. The highest BCUT2D eigenvalue weighted by atomic mass is 19.1. The van der Waals surface area contributed by atoms with Crippen molar-refractivity contribution in [1.29, 1.82) is 0 Å². The van der Waals surface area contributed by atoms with Crippen molar-refractivity contribution in [2.45, 2.75) is 19.9 Å².